The molecule has 1 atom stereocenters. The van der Waals surface area contributed by atoms with E-state index in [4.69, 9.17) is 0 Å². The van der Waals surface area contributed by atoms with Gasteiger partial charge in [0.15, 0.2) is 9.84 Å². The summed E-state index contributed by atoms with van der Waals surface area (Å²) in [6.45, 7) is 1.75. The minimum atomic E-state index is -3.31. The maximum atomic E-state index is 12.3. The third-order valence-corrected chi connectivity index (χ3v) is 5.25. The summed E-state index contributed by atoms with van der Waals surface area (Å²) in [5, 5.41) is 6.64. The number of hydrogen-bond acceptors (Lipinski definition) is 5. The second kappa shape index (κ2) is 6.15. The summed E-state index contributed by atoms with van der Waals surface area (Å²) >= 11 is 0. The fourth-order valence-electron chi connectivity index (χ4n) is 2.90. The van der Waals surface area contributed by atoms with Crippen LogP contribution in [0.4, 0.5) is 0 Å². The van der Waals surface area contributed by atoms with E-state index in [2.05, 4.69) is 15.2 Å². The van der Waals surface area contributed by atoms with Crippen molar-refractivity contribution >= 4 is 15.7 Å². The standard InChI is InChI=1S/C14H19N5O3S/c1-23(21,22)12-8-16-17-14(12)11-2-6-19(9-11)13(20)3-5-18-7-4-15-10-18/h4,7-8,10-11H,2-3,5-6,9H2,1H3,(H,16,17)/t11-/m1/s1. The predicted molar refractivity (Wildman–Crippen MR) is 82.5 cm³/mol. The van der Waals surface area contributed by atoms with Crippen molar-refractivity contribution in [2.45, 2.75) is 30.2 Å². The number of amides is 1. The van der Waals surface area contributed by atoms with Gasteiger partial charge in [0.25, 0.3) is 0 Å². The molecule has 2 aromatic rings. The van der Waals surface area contributed by atoms with Gasteiger partial charge in [-0.25, -0.2) is 13.4 Å². The number of carbonyl (C=O) groups is 1. The quantitative estimate of drug-likeness (QED) is 0.852. The largest absolute Gasteiger partial charge is 0.342 e. The van der Waals surface area contributed by atoms with Crippen molar-refractivity contribution in [3.05, 3.63) is 30.6 Å². The van der Waals surface area contributed by atoms with Crippen LogP contribution in [-0.2, 0) is 21.2 Å². The highest BCUT2D eigenvalue weighted by atomic mass is 32.2. The van der Waals surface area contributed by atoms with Crippen molar-refractivity contribution in [1.29, 1.82) is 0 Å². The summed E-state index contributed by atoms with van der Waals surface area (Å²) in [5.41, 5.74) is 0.609. The van der Waals surface area contributed by atoms with E-state index < -0.39 is 9.84 Å². The normalized spacial score (nSPS) is 18.5. The molecule has 0 radical (unpaired) electrons. The van der Waals surface area contributed by atoms with Gasteiger partial charge in [-0.1, -0.05) is 0 Å². The monoisotopic (exact) mass is 337 g/mol. The number of hydrogen-bond donors (Lipinski definition) is 1. The zero-order valence-electron chi connectivity index (χ0n) is 12.8. The molecule has 1 saturated heterocycles. The van der Waals surface area contributed by atoms with Gasteiger partial charge in [0.2, 0.25) is 5.91 Å². The van der Waals surface area contributed by atoms with Crippen LogP contribution in [0.15, 0.2) is 29.8 Å². The number of likely N-dealkylation sites (tertiary alicyclic amines) is 1. The third kappa shape index (κ3) is 3.44. The van der Waals surface area contributed by atoms with E-state index in [1.54, 1.807) is 17.4 Å². The van der Waals surface area contributed by atoms with Crippen LogP contribution in [0.5, 0.6) is 0 Å². The molecule has 9 heteroatoms. The van der Waals surface area contributed by atoms with Crippen LogP contribution < -0.4 is 0 Å². The highest BCUT2D eigenvalue weighted by molar-refractivity contribution is 7.90. The lowest BCUT2D eigenvalue weighted by Gasteiger charge is -2.16. The molecule has 23 heavy (non-hydrogen) atoms. The number of rotatable bonds is 5. The number of imidazole rings is 1. The van der Waals surface area contributed by atoms with Crippen LogP contribution in [-0.4, -0.2) is 58.3 Å². The van der Waals surface area contributed by atoms with Gasteiger partial charge in [0, 0.05) is 50.6 Å². The molecule has 8 nitrogen and oxygen atoms in total. The third-order valence-electron chi connectivity index (χ3n) is 4.12. The number of aryl methyl sites for hydroxylation is 1. The van der Waals surface area contributed by atoms with Crippen LogP contribution >= 0.6 is 0 Å². The molecular formula is C14H19N5O3S. The minimum absolute atomic E-state index is 0.0144. The molecule has 1 aliphatic heterocycles. The molecule has 3 heterocycles. The maximum Gasteiger partial charge on any atom is 0.224 e. The summed E-state index contributed by atoms with van der Waals surface area (Å²) < 4.78 is 25.4. The molecule has 1 amide bonds. The van der Waals surface area contributed by atoms with Gasteiger partial charge >= 0.3 is 0 Å². The number of nitrogens with one attached hydrogen (secondary N) is 1. The van der Waals surface area contributed by atoms with Gasteiger partial charge in [-0.2, -0.15) is 5.10 Å². The van der Waals surface area contributed by atoms with Crippen molar-refractivity contribution in [2.24, 2.45) is 0 Å². The Bertz CT molecular complexity index is 781. The molecule has 0 spiro atoms. The van der Waals surface area contributed by atoms with Crippen molar-refractivity contribution in [2.75, 3.05) is 19.3 Å². The number of nitrogens with zero attached hydrogens (tertiary/aromatic N) is 4. The fourth-order valence-corrected chi connectivity index (χ4v) is 3.75. The maximum absolute atomic E-state index is 12.3. The number of carbonyl (C=O) groups excluding carboxylic acids is 1. The van der Waals surface area contributed by atoms with Crippen LogP contribution in [0.2, 0.25) is 0 Å². The lowest BCUT2D eigenvalue weighted by molar-refractivity contribution is -0.130. The highest BCUT2D eigenvalue weighted by Gasteiger charge is 2.31. The second-order valence-corrected chi connectivity index (χ2v) is 7.78. The summed E-state index contributed by atoms with van der Waals surface area (Å²) in [6.07, 6.45) is 8.85. The van der Waals surface area contributed by atoms with E-state index in [0.29, 0.717) is 31.7 Å². The number of sulfone groups is 1. The Labute approximate surface area is 134 Å². The Morgan fingerprint density at radius 3 is 3.00 bits per heavy atom. The Balaban J connectivity index is 1.62. The Morgan fingerprint density at radius 2 is 2.30 bits per heavy atom. The van der Waals surface area contributed by atoms with Gasteiger partial charge in [-0.3, -0.25) is 9.89 Å². The molecule has 1 N–H and O–H groups in total. The van der Waals surface area contributed by atoms with Crippen molar-refractivity contribution in [3.8, 4) is 0 Å². The number of H-pyrrole nitrogens is 1. The van der Waals surface area contributed by atoms with Crippen molar-refractivity contribution in [1.82, 2.24) is 24.6 Å². The van der Waals surface area contributed by atoms with Crippen LogP contribution in [0.1, 0.15) is 24.5 Å². The zero-order chi connectivity index (χ0) is 16.4. The smallest absolute Gasteiger partial charge is 0.224 e. The van der Waals surface area contributed by atoms with Gasteiger partial charge in [-0.05, 0) is 6.42 Å². The van der Waals surface area contributed by atoms with Gasteiger partial charge in [-0.15, -0.1) is 0 Å². The van der Waals surface area contributed by atoms with Gasteiger partial charge in [0.05, 0.1) is 18.2 Å². The molecule has 1 aliphatic rings. The minimum Gasteiger partial charge on any atom is -0.342 e. The van der Waals surface area contributed by atoms with E-state index in [1.165, 1.54) is 12.5 Å². The molecule has 0 bridgehead atoms. The Kier molecular flexibility index (Phi) is 4.20. The number of aromatic amines is 1. The van der Waals surface area contributed by atoms with Crippen molar-refractivity contribution < 1.29 is 13.2 Å². The first-order valence-corrected chi connectivity index (χ1v) is 9.31. The molecular weight excluding hydrogens is 318 g/mol. The van der Waals surface area contributed by atoms with Crippen LogP contribution in [0.25, 0.3) is 0 Å². The zero-order valence-corrected chi connectivity index (χ0v) is 13.7. The van der Waals surface area contributed by atoms with Crippen molar-refractivity contribution in [3.63, 3.8) is 0 Å². The highest BCUT2D eigenvalue weighted by Crippen LogP contribution is 2.30. The first-order valence-electron chi connectivity index (χ1n) is 7.42. The lowest BCUT2D eigenvalue weighted by Crippen LogP contribution is -2.29. The molecule has 0 saturated carbocycles. The Hall–Kier alpha value is -2.16. The summed E-state index contributed by atoms with van der Waals surface area (Å²) in [5.74, 6) is 0.0565. The van der Waals surface area contributed by atoms with Gasteiger partial charge in [0.1, 0.15) is 4.90 Å². The fraction of sp³-hybridized carbons (Fsp3) is 0.500. The first kappa shape index (κ1) is 15.7. The molecule has 1 fully saturated rings. The number of aromatic nitrogens is 4. The molecule has 124 valence electrons. The molecule has 2 aromatic heterocycles. The predicted octanol–water partition coefficient (Wildman–Crippen LogP) is 0.416. The van der Waals surface area contributed by atoms with Crippen LogP contribution in [0, 0.1) is 0 Å². The summed E-state index contributed by atoms with van der Waals surface area (Å²) in [6, 6.07) is 0. The van der Waals surface area contributed by atoms with E-state index in [-0.39, 0.29) is 16.7 Å². The van der Waals surface area contributed by atoms with Crippen LogP contribution in [0.3, 0.4) is 0 Å². The van der Waals surface area contributed by atoms with E-state index in [0.717, 1.165) is 6.42 Å². The SMILES string of the molecule is CS(=O)(=O)c1cn[nH]c1[C@@H]1CCN(C(=O)CCn2ccnc2)C1. The summed E-state index contributed by atoms with van der Waals surface area (Å²) in [4.78, 5) is 18.2. The van der Waals surface area contributed by atoms with E-state index in [9.17, 15) is 13.2 Å². The first-order chi connectivity index (χ1) is 10.9. The topological polar surface area (TPSA) is 101 Å². The van der Waals surface area contributed by atoms with E-state index >= 15 is 0 Å². The lowest BCUT2D eigenvalue weighted by atomic mass is 10.1. The molecule has 0 aromatic carbocycles. The average molecular weight is 337 g/mol. The van der Waals surface area contributed by atoms with E-state index in [1.807, 2.05) is 10.8 Å². The molecule has 0 aliphatic carbocycles. The van der Waals surface area contributed by atoms with Gasteiger partial charge < -0.3 is 9.47 Å². The molecule has 0 unspecified atom stereocenters. The second-order valence-electron chi connectivity index (χ2n) is 5.80. The molecule has 3 rings (SSSR count). The Morgan fingerprint density at radius 1 is 1.48 bits per heavy atom. The summed E-state index contributed by atoms with van der Waals surface area (Å²) in [7, 11) is -3.31. The average Bonchev–Trinajstić information content (AvgIpc) is 3.22.